The second-order valence-corrected chi connectivity index (χ2v) is 8.63. The highest BCUT2D eigenvalue weighted by Crippen LogP contribution is 2.30. The lowest BCUT2D eigenvalue weighted by Crippen LogP contribution is -2.15. The highest BCUT2D eigenvalue weighted by atomic mass is 32.2. The van der Waals surface area contributed by atoms with E-state index in [9.17, 15) is 13.2 Å². The van der Waals surface area contributed by atoms with Gasteiger partial charge in [-0.2, -0.15) is 0 Å². The van der Waals surface area contributed by atoms with Gasteiger partial charge in [0.25, 0.3) is 15.9 Å². The maximum absolute atomic E-state index is 12.7. The van der Waals surface area contributed by atoms with Crippen LogP contribution in [-0.4, -0.2) is 28.5 Å². The number of anilines is 2. The van der Waals surface area contributed by atoms with Crippen LogP contribution in [-0.2, 0) is 10.0 Å². The molecule has 7 nitrogen and oxygen atoms in total. The van der Waals surface area contributed by atoms with Gasteiger partial charge in [-0.25, -0.2) is 8.42 Å². The third-order valence-corrected chi connectivity index (χ3v) is 6.20. The highest BCUT2D eigenvalue weighted by Gasteiger charge is 2.17. The van der Waals surface area contributed by atoms with E-state index in [0.717, 1.165) is 5.56 Å². The first kappa shape index (κ1) is 22.2. The topological polar surface area (TPSA) is 93.7 Å². The fraction of sp³-hybridized carbons (Fsp3) is 0.174. The largest absolute Gasteiger partial charge is 0.493 e. The number of hydrogen-bond donors (Lipinski definition) is 2. The van der Waals surface area contributed by atoms with Gasteiger partial charge in [0.1, 0.15) is 0 Å². The summed E-state index contributed by atoms with van der Waals surface area (Å²) in [6.07, 6.45) is 0. The molecule has 162 valence electrons. The van der Waals surface area contributed by atoms with Gasteiger partial charge in [0.2, 0.25) is 0 Å². The lowest BCUT2D eigenvalue weighted by molar-refractivity contribution is 0.102. The predicted octanol–water partition coefficient (Wildman–Crippen LogP) is 4.37. The summed E-state index contributed by atoms with van der Waals surface area (Å²) in [6, 6.07) is 16.5. The molecule has 8 heteroatoms. The molecule has 0 atom stereocenters. The fourth-order valence-electron chi connectivity index (χ4n) is 3.01. The Hall–Kier alpha value is -3.52. The van der Waals surface area contributed by atoms with E-state index < -0.39 is 10.0 Å². The maximum atomic E-state index is 12.7. The van der Waals surface area contributed by atoms with Crippen molar-refractivity contribution in [1.29, 1.82) is 0 Å². The van der Waals surface area contributed by atoms with Crippen molar-refractivity contribution in [3.63, 3.8) is 0 Å². The van der Waals surface area contributed by atoms with Crippen LogP contribution in [0.2, 0.25) is 0 Å². The molecular formula is C23H24N2O5S. The summed E-state index contributed by atoms with van der Waals surface area (Å²) in [5, 5.41) is 2.78. The minimum Gasteiger partial charge on any atom is -0.493 e. The maximum Gasteiger partial charge on any atom is 0.262 e. The Morgan fingerprint density at radius 1 is 0.806 bits per heavy atom. The smallest absolute Gasteiger partial charge is 0.262 e. The van der Waals surface area contributed by atoms with Crippen LogP contribution in [0, 0.1) is 13.8 Å². The number of carbonyl (C=O) groups is 1. The number of hydrogen-bond acceptors (Lipinski definition) is 5. The number of benzene rings is 3. The molecule has 0 saturated heterocycles. The first-order valence-electron chi connectivity index (χ1n) is 9.47. The first-order valence-corrected chi connectivity index (χ1v) is 11.0. The van der Waals surface area contributed by atoms with Gasteiger partial charge < -0.3 is 14.8 Å². The molecular weight excluding hydrogens is 416 g/mol. The van der Waals surface area contributed by atoms with E-state index in [2.05, 4.69) is 10.0 Å². The van der Waals surface area contributed by atoms with Gasteiger partial charge in [0.15, 0.2) is 11.5 Å². The second-order valence-electron chi connectivity index (χ2n) is 6.98. The van der Waals surface area contributed by atoms with E-state index in [-0.39, 0.29) is 10.8 Å². The molecule has 0 saturated carbocycles. The number of carbonyl (C=O) groups excluding carboxylic acids is 1. The average Bonchev–Trinajstić information content (AvgIpc) is 2.75. The number of methoxy groups -OCH3 is 2. The van der Waals surface area contributed by atoms with Gasteiger partial charge in [0, 0.05) is 23.0 Å². The fourth-order valence-corrected chi connectivity index (χ4v) is 4.40. The van der Waals surface area contributed by atoms with Crippen molar-refractivity contribution in [1.82, 2.24) is 0 Å². The molecule has 0 radical (unpaired) electrons. The third kappa shape index (κ3) is 5.16. The number of nitrogens with one attached hydrogen (secondary N) is 2. The molecule has 0 unspecified atom stereocenters. The molecule has 0 spiro atoms. The van der Waals surface area contributed by atoms with Crippen LogP contribution in [0.5, 0.6) is 11.5 Å². The van der Waals surface area contributed by atoms with E-state index >= 15 is 0 Å². The molecule has 31 heavy (non-hydrogen) atoms. The van der Waals surface area contributed by atoms with Gasteiger partial charge in [-0.05, 0) is 67.4 Å². The average molecular weight is 441 g/mol. The van der Waals surface area contributed by atoms with Gasteiger partial charge in [0.05, 0.1) is 19.1 Å². The minimum atomic E-state index is -3.74. The van der Waals surface area contributed by atoms with Crippen LogP contribution >= 0.6 is 0 Å². The molecule has 3 rings (SSSR count). The molecule has 2 N–H and O–H groups in total. The third-order valence-electron chi connectivity index (χ3n) is 4.67. The molecule has 3 aromatic rings. The quantitative estimate of drug-likeness (QED) is 0.569. The molecule has 0 fully saturated rings. The zero-order valence-electron chi connectivity index (χ0n) is 17.7. The van der Waals surface area contributed by atoms with Crippen molar-refractivity contribution in [3.8, 4) is 11.5 Å². The standard InChI is InChI=1S/C23H24N2O5S/c1-15-5-6-16(2)22(13-15)31(27,28)25-18-9-7-17(8-10-18)23(26)24-19-11-12-20(29-3)21(14-19)30-4/h5-14,25H,1-4H3,(H,24,26). The number of rotatable bonds is 7. The highest BCUT2D eigenvalue weighted by molar-refractivity contribution is 7.92. The summed E-state index contributed by atoms with van der Waals surface area (Å²) >= 11 is 0. The monoisotopic (exact) mass is 440 g/mol. The van der Waals surface area contributed by atoms with Gasteiger partial charge >= 0.3 is 0 Å². The van der Waals surface area contributed by atoms with Crippen molar-refractivity contribution in [2.45, 2.75) is 18.7 Å². The zero-order valence-corrected chi connectivity index (χ0v) is 18.5. The summed E-state index contributed by atoms with van der Waals surface area (Å²) in [4.78, 5) is 12.8. The molecule has 0 aliphatic carbocycles. The van der Waals surface area contributed by atoms with Gasteiger partial charge in [-0.1, -0.05) is 12.1 Å². The number of aryl methyl sites for hydroxylation is 2. The van der Waals surface area contributed by atoms with Crippen molar-refractivity contribution in [2.75, 3.05) is 24.3 Å². The normalized spacial score (nSPS) is 11.0. The summed E-state index contributed by atoms with van der Waals surface area (Å²) < 4.78 is 38.4. The van der Waals surface area contributed by atoms with E-state index in [0.29, 0.717) is 34.0 Å². The lowest BCUT2D eigenvalue weighted by Gasteiger charge is -2.12. The van der Waals surface area contributed by atoms with Gasteiger partial charge in [-0.15, -0.1) is 0 Å². The van der Waals surface area contributed by atoms with Crippen LogP contribution in [0.15, 0.2) is 65.6 Å². The number of ether oxygens (including phenoxy) is 2. The Labute approximate surface area is 182 Å². The predicted molar refractivity (Wildman–Crippen MR) is 121 cm³/mol. The number of amides is 1. The van der Waals surface area contributed by atoms with Crippen LogP contribution in [0.3, 0.4) is 0 Å². The summed E-state index contributed by atoms with van der Waals surface area (Å²) in [5.41, 5.74) is 2.80. The lowest BCUT2D eigenvalue weighted by atomic mass is 10.2. The minimum absolute atomic E-state index is 0.225. The van der Waals surface area contributed by atoms with E-state index in [1.807, 2.05) is 13.0 Å². The Morgan fingerprint density at radius 2 is 1.45 bits per heavy atom. The van der Waals surface area contributed by atoms with Crippen molar-refractivity contribution in [3.05, 3.63) is 77.4 Å². The zero-order chi connectivity index (χ0) is 22.6. The first-order chi connectivity index (χ1) is 14.7. The molecule has 0 aromatic heterocycles. The van der Waals surface area contributed by atoms with Crippen molar-refractivity contribution in [2.24, 2.45) is 0 Å². The summed E-state index contributed by atoms with van der Waals surface area (Å²) in [6.45, 7) is 3.58. The second kappa shape index (κ2) is 9.09. The van der Waals surface area contributed by atoms with Crippen LogP contribution in [0.4, 0.5) is 11.4 Å². The Balaban J connectivity index is 1.74. The van der Waals surface area contributed by atoms with Crippen molar-refractivity contribution >= 4 is 27.3 Å². The molecule has 0 heterocycles. The van der Waals surface area contributed by atoms with Gasteiger partial charge in [-0.3, -0.25) is 9.52 Å². The number of sulfonamides is 1. The van der Waals surface area contributed by atoms with Crippen LogP contribution in [0.25, 0.3) is 0 Å². The Morgan fingerprint density at radius 3 is 2.10 bits per heavy atom. The molecule has 3 aromatic carbocycles. The summed E-state index contributed by atoms with van der Waals surface area (Å²) in [7, 11) is -0.690. The van der Waals surface area contributed by atoms with E-state index in [1.165, 1.54) is 14.2 Å². The van der Waals surface area contributed by atoms with E-state index in [1.54, 1.807) is 61.5 Å². The van der Waals surface area contributed by atoms with Crippen molar-refractivity contribution < 1.29 is 22.7 Å². The van der Waals surface area contributed by atoms with Crippen LogP contribution in [0.1, 0.15) is 21.5 Å². The molecule has 0 aliphatic rings. The summed E-state index contributed by atoms with van der Waals surface area (Å²) in [5.74, 6) is 0.716. The molecule has 0 aliphatic heterocycles. The van der Waals surface area contributed by atoms with Crippen LogP contribution < -0.4 is 19.5 Å². The SMILES string of the molecule is COc1ccc(NC(=O)c2ccc(NS(=O)(=O)c3cc(C)ccc3C)cc2)cc1OC. The van der Waals surface area contributed by atoms with E-state index in [4.69, 9.17) is 9.47 Å². The molecule has 1 amide bonds. The molecule has 0 bridgehead atoms. The Bertz CT molecular complexity index is 1210. The Kier molecular flexibility index (Phi) is 6.50.